The monoisotopic (exact) mass is 554 g/mol. The number of para-hydroxylation sites is 2. The molecule has 41 heavy (non-hydrogen) atoms. The fraction of sp³-hybridized carbons (Fsp3) is 0.553. The van der Waals surface area contributed by atoms with Crippen molar-refractivity contribution in [3.63, 3.8) is 0 Å². The van der Waals surface area contributed by atoms with E-state index in [0.29, 0.717) is 0 Å². The molecule has 0 radical (unpaired) electrons. The van der Waals surface area contributed by atoms with E-state index in [2.05, 4.69) is 73.0 Å². The standard InChI is InChI=1S/C38H54N2O/c1-4-5-6-7-8-9-10-11-12-13-14-15-16-17-18-21-28-40-37-23-20-19-22-36(37)39-38(40)31(2)32-24-25-34-30-35(41-3)27-26-33(34)29-32/h19-20,22-27,29-31H,4-18,21,28H2,1-3H3. The summed E-state index contributed by atoms with van der Waals surface area (Å²) in [5.74, 6) is 2.31. The molecule has 0 fully saturated rings. The summed E-state index contributed by atoms with van der Waals surface area (Å²) in [5.41, 5.74) is 3.68. The Morgan fingerprint density at radius 3 is 1.85 bits per heavy atom. The smallest absolute Gasteiger partial charge is 0.119 e. The number of aryl methyl sites for hydroxylation is 1. The summed E-state index contributed by atoms with van der Waals surface area (Å²) in [6.07, 6.45) is 22.4. The third-order valence-corrected chi connectivity index (χ3v) is 8.88. The molecule has 0 saturated carbocycles. The largest absolute Gasteiger partial charge is 0.497 e. The van der Waals surface area contributed by atoms with Crippen LogP contribution in [0.15, 0.2) is 60.7 Å². The number of imidazole rings is 1. The number of hydrogen-bond donors (Lipinski definition) is 0. The molecule has 1 atom stereocenters. The van der Waals surface area contributed by atoms with Gasteiger partial charge in [-0.1, -0.05) is 147 Å². The van der Waals surface area contributed by atoms with Gasteiger partial charge in [-0.3, -0.25) is 0 Å². The van der Waals surface area contributed by atoms with Crippen molar-refractivity contribution in [3.05, 3.63) is 72.1 Å². The van der Waals surface area contributed by atoms with E-state index in [1.165, 1.54) is 130 Å². The fourth-order valence-electron chi connectivity index (χ4n) is 6.27. The van der Waals surface area contributed by atoms with Crippen LogP contribution < -0.4 is 4.74 Å². The average molecular weight is 555 g/mol. The van der Waals surface area contributed by atoms with Gasteiger partial charge in [0.1, 0.15) is 11.6 Å². The second-order valence-electron chi connectivity index (χ2n) is 12.1. The molecule has 222 valence electrons. The first-order chi connectivity index (χ1) is 20.2. The Balaban J connectivity index is 1.20. The van der Waals surface area contributed by atoms with Gasteiger partial charge in [-0.05, 0) is 47.0 Å². The first-order valence-electron chi connectivity index (χ1n) is 16.7. The van der Waals surface area contributed by atoms with E-state index in [-0.39, 0.29) is 5.92 Å². The maximum Gasteiger partial charge on any atom is 0.119 e. The highest BCUT2D eigenvalue weighted by Crippen LogP contribution is 2.31. The molecule has 3 heteroatoms. The molecule has 1 unspecified atom stereocenters. The number of benzene rings is 3. The van der Waals surface area contributed by atoms with Crippen molar-refractivity contribution in [3.8, 4) is 5.75 Å². The lowest BCUT2D eigenvalue weighted by molar-refractivity contribution is 0.415. The van der Waals surface area contributed by atoms with E-state index in [1.54, 1.807) is 7.11 Å². The summed E-state index contributed by atoms with van der Waals surface area (Å²) in [7, 11) is 1.72. The lowest BCUT2D eigenvalue weighted by atomic mass is 9.97. The molecule has 0 aliphatic carbocycles. The van der Waals surface area contributed by atoms with Gasteiger partial charge in [0, 0.05) is 12.5 Å². The van der Waals surface area contributed by atoms with E-state index in [1.807, 2.05) is 6.07 Å². The lowest BCUT2D eigenvalue weighted by Crippen LogP contribution is -2.09. The first-order valence-corrected chi connectivity index (χ1v) is 16.7. The first kappa shape index (κ1) is 31.1. The van der Waals surface area contributed by atoms with Crippen molar-refractivity contribution in [2.24, 2.45) is 0 Å². The second kappa shape index (κ2) is 17.2. The Bertz CT molecular complexity index is 1310. The van der Waals surface area contributed by atoms with Gasteiger partial charge < -0.3 is 9.30 Å². The highest BCUT2D eigenvalue weighted by molar-refractivity contribution is 5.85. The Kier molecular flexibility index (Phi) is 13.1. The van der Waals surface area contributed by atoms with Crippen LogP contribution in [0.5, 0.6) is 5.75 Å². The van der Waals surface area contributed by atoms with Crippen LogP contribution in [0, 0.1) is 0 Å². The van der Waals surface area contributed by atoms with Crippen LogP contribution in [0.2, 0.25) is 0 Å². The van der Waals surface area contributed by atoms with Crippen LogP contribution in [0.25, 0.3) is 21.8 Å². The number of rotatable bonds is 20. The topological polar surface area (TPSA) is 27.1 Å². The molecule has 0 amide bonds. The Morgan fingerprint density at radius 1 is 0.659 bits per heavy atom. The molecule has 3 aromatic carbocycles. The van der Waals surface area contributed by atoms with Gasteiger partial charge in [0.05, 0.1) is 18.1 Å². The average Bonchev–Trinajstić information content (AvgIpc) is 3.38. The quantitative estimate of drug-likeness (QED) is 0.102. The van der Waals surface area contributed by atoms with Crippen molar-refractivity contribution in [1.29, 1.82) is 0 Å². The molecular formula is C38H54N2O. The molecule has 4 aromatic rings. The van der Waals surface area contributed by atoms with Gasteiger partial charge in [-0.15, -0.1) is 0 Å². The zero-order chi connectivity index (χ0) is 28.7. The number of fused-ring (bicyclic) bond motifs is 2. The number of nitrogens with zero attached hydrogens (tertiary/aromatic N) is 2. The summed E-state index contributed by atoms with van der Waals surface area (Å²) >= 11 is 0. The zero-order valence-corrected chi connectivity index (χ0v) is 26.2. The maximum atomic E-state index is 5.41. The van der Waals surface area contributed by atoms with Crippen LogP contribution >= 0.6 is 0 Å². The maximum absolute atomic E-state index is 5.41. The molecule has 0 bridgehead atoms. The van der Waals surface area contributed by atoms with Crippen LogP contribution in [-0.2, 0) is 6.54 Å². The Hall–Kier alpha value is -2.81. The van der Waals surface area contributed by atoms with Crippen molar-refractivity contribution in [2.45, 2.75) is 129 Å². The Labute approximate surface area is 249 Å². The molecule has 1 aromatic heterocycles. The SMILES string of the molecule is CCCCCCCCCCCCCCCCCCn1c(C(C)c2ccc3cc(OC)ccc3c2)nc2ccccc21. The molecular weight excluding hydrogens is 500 g/mol. The number of aromatic nitrogens is 2. The predicted molar refractivity (Wildman–Crippen MR) is 177 cm³/mol. The third-order valence-electron chi connectivity index (χ3n) is 8.88. The molecule has 0 N–H and O–H groups in total. The lowest BCUT2D eigenvalue weighted by Gasteiger charge is -2.16. The van der Waals surface area contributed by atoms with Gasteiger partial charge >= 0.3 is 0 Å². The number of ether oxygens (including phenoxy) is 1. The van der Waals surface area contributed by atoms with Crippen molar-refractivity contribution >= 4 is 21.8 Å². The molecule has 3 nitrogen and oxygen atoms in total. The minimum Gasteiger partial charge on any atom is -0.497 e. The summed E-state index contributed by atoms with van der Waals surface area (Å²) in [5, 5.41) is 2.46. The molecule has 4 rings (SSSR count). The minimum atomic E-state index is 0.231. The number of unbranched alkanes of at least 4 members (excludes halogenated alkanes) is 15. The summed E-state index contributed by atoms with van der Waals surface area (Å²) in [4.78, 5) is 5.13. The van der Waals surface area contributed by atoms with E-state index < -0.39 is 0 Å². The number of methoxy groups -OCH3 is 1. The van der Waals surface area contributed by atoms with Crippen LogP contribution in [0.1, 0.15) is 134 Å². The van der Waals surface area contributed by atoms with Gasteiger partial charge in [0.2, 0.25) is 0 Å². The van der Waals surface area contributed by atoms with Crippen molar-refractivity contribution < 1.29 is 4.74 Å². The van der Waals surface area contributed by atoms with Gasteiger partial charge in [-0.2, -0.15) is 0 Å². The van der Waals surface area contributed by atoms with E-state index in [0.717, 1.165) is 17.8 Å². The molecule has 0 aliphatic heterocycles. The summed E-state index contributed by atoms with van der Waals surface area (Å²) in [6.45, 7) is 5.64. The van der Waals surface area contributed by atoms with Crippen molar-refractivity contribution in [2.75, 3.05) is 7.11 Å². The van der Waals surface area contributed by atoms with Gasteiger partial charge in [-0.25, -0.2) is 4.98 Å². The zero-order valence-electron chi connectivity index (χ0n) is 26.2. The van der Waals surface area contributed by atoms with E-state index in [9.17, 15) is 0 Å². The number of hydrogen-bond acceptors (Lipinski definition) is 2. The molecule has 1 heterocycles. The van der Waals surface area contributed by atoms with Crippen molar-refractivity contribution in [1.82, 2.24) is 9.55 Å². The van der Waals surface area contributed by atoms with Gasteiger partial charge in [0.25, 0.3) is 0 Å². The highest BCUT2D eigenvalue weighted by Gasteiger charge is 2.18. The predicted octanol–water partition coefficient (Wildman–Crippen LogP) is 11.6. The van der Waals surface area contributed by atoms with E-state index in [4.69, 9.17) is 9.72 Å². The fourth-order valence-corrected chi connectivity index (χ4v) is 6.27. The summed E-state index contributed by atoms with van der Waals surface area (Å²) < 4.78 is 7.90. The minimum absolute atomic E-state index is 0.231. The van der Waals surface area contributed by atoms with Crippen LogP contribution in [0.3, 0.4) is 0 Å². The second-order valence-corrected chi connectivity index (χ2v) is 12.1. The van der Waals surface area contributed by atoms with E-state index >= 15 is 0 Å². The highest BCUT2D eigenvalue weighted by atomic mass is 16.5. The van der Waals surface area contributed by atoms with Crippen LogP contribution in [0.4, 0.5) is 0 Å². The van der Waals surface area contributed by atoms with Gasteiger partial charge in [0.15, 0.2) is 0 Å². The molecule has 0 saturated heterocycles. The normalized spacial score (nSPS) is 12.4. The van der Waals surface area contributed by atoms with Crippen LogP contribution in [-0.4, -0.2) is 16.7 Å². The summed E-state index contributed by atoms with van der Waals surface area (Å²) in [6, 6.07) is 21.7. The Morgan fingerprint density at radius 2 is 1.22 bits per heavy atom. The molecule has 0 spiro atoms. The third kappa shape index (κ3) is 9.35. The molecule has 0 aliphatic rings.